The van der Waals surface area contributed by atoms with Crippen molar-refractivity contribution in [3.05, 3.63) is 32.2 Å². The molecule has 0 aromatic heterocycles. The zero-order valence-corrected chi connectivity index (χ0v) is 16.5. The van der Waals surface area contributed by atoms with Crippen LogP contribution in [-0.2, 0) is 0 Å². The number of nitrogens with one attached hydrogen (secondary N) is 2. The third-order valence-corrected chi connectivity index (χ3v) is 4.84. The van der Waals surface area contributed by atoms with Crippen molar-refractivity contribution in [3.63, 3.8) is 0 Å². The molecule has 1 aromatic carbocycles. The fraction of sp³-hybridized carbons (Fsp3) is 0.500. The maximum absolute atomic E-state index is 12.2. The van der Waals surface area contributed by atoms with E-state index in [4.69, 9.17) is 0 Å². The molecule has 2 atom stereocenters. The molecule has 1 aromatic rings. The second kappa shape index (κ2) is 8.67. The Labute approximate surface area is 148 Å². The highest BCUT2D eigenvalue weighted by atomic mass is 79.9. The first-order valence-electron chi connectivity index (χ1n) is 7.40. The molecule has 22 heavy (non-hydrogen) atoms. The first-order chi connectivity index (χ1) is 10.3. The van der Waals surface area contributed by atoms with Gasteiger partial charge >= 0.3 is 0 Å². The third-order valence-electron chi connectivity index (χ3n) is 3.53. The van der Waals surface area contributed by atoms with Gasteiger partial charge in [0.05, 0.1) is 11.1 Å². The number of carbonyl (C=O) groups is 2. The summed E-state index contributed by atoms with van der Waals surface area (Å²) in [7, 11) is 0. The molecule has 0 aliphatic heterocycles. The molecule has 6 heteroatoms. The number of hydrogen-bond acceptors (Lipinski definition) is 2. The van der Waals surface area contributed by atoms with Crippen LogP contribution in [0.15, 0.2) is 21.1 Å². The molecule has 2 N–H and O–H groups in total. The van der Waals surface area contributed by atoms with Gasteiger partial charge in [-0.2, -0.15) is 0 Å². The average Bonchev–Trinajstić information content (AvgIpc) is 2.48. The van der Waals surface area contributed by atoms with Crippen LogP contribution in [0, 0.1) is 0 Å². The number of halogens is 2. The zero-order chi connectivity index (χ0) is 16.9. The summed E-state index contributed by atoms with van der Waals surface area (Å²) >= 11 is 6.77. The van der Waals surface area contributed by atoms with E-state index in [1.807, 2.05) is 27.7 Å². The van der Waals surface area contributed by atoms with E-state index in [9.17, 15) is 9.59 Å². The smallest absolute Gasteiger partial charge is 0.252 e. The van der Waals surface area contributed by atoms with Crippen molar-refractivity contribution >= 4 is 43.7 Å². The Hall–Kier alpha value is -0.880. The summed E-state index contributed by atoms with van der Waals surface area (Å²) in [5.74, 6) is -0.313. The highest BCUT2D eigenvalue weighted by molar-refractivity contribution is 9.11. The molecule has 1 rings (SSSR count). The molecule has 0 heterocycles. The van der Waals surface area contributed by atoms with Crippen molar-refractivity contribution in [2.45, 2.75) is 52.6 Å². The minimum atomic E-state index is -0.157. The van der Waals surface area contributed by atoms with Gasteiger partial charge in [-0.05, 0) is 70.7 Å². The lowest BCUT2D eigenvalue weighted by atomic mass is 10.1. The van der Waals surface area contributed by atoms with Crippen molar-refractivity contribution < 1.29 is 9.59 Å². The van der Waals surface area contributed by atoms with Crippen molar-refractivity contribution in [2.24, 2.45) is 0 Å². The third kappa shape index (κ3) is 5.09. The average molecular weight is 434 g/mol. The molecule has 0 saturated heterocycles. The lowest BCUT2D eigenvalue weighted by Gasteiger charge is -2.15. The van der Waals surface area contributed by atoms with Crippen LogP contribution in [0.25, 0.3) is 0 Å². The molecular formula is C16H22Br2N2O2. The quantitative estimate of drug-likeness (QED) is 0.703. The molecule has 0 aliphatic carbocycles. The van der Waals surface area contributed by atoms with Crippen LogP contribution in [0.2, 0.25) is 0 Å². The second-order valence-corrected chi connectivity index (χ2v) is 7.09. The molecule has 0 aliphatic rings. The summed E-state index contributed by atoms with van der Waals surface area (Å²) in [6.07, 6.45) is 1.72. The van der Waals surface area contributed by atoms with Gasteiger partial charge in [-0.1, -0.05) is 13.8 Å². The topological polar surface area (TPSA) is 58.2 Å². The van der Waals surface area contributed by atoms with E-state index >= 15 is 0 Å². The second-order valence-electron chi connectivity index (χ2n) is 5.38. The van der Waals surface area contributed by atoms with Crippen LogP contribution in [0.4, 0.5) is 0 Å². The molecule has 0 fully saturated rings. The molecule has 122 valence electrons. The Morgan fingerprint density at radius 1 is 0.909 bits per heavy atom. The van der Waals surface area contributed by atoms with Crippen molar-refractivity contribution in [2.75, 3.05) is 0 Å². The largest absolute Gasteiger partial charge is 0.350 e. The van der Waals surface area contributed by atoms with E-state index in [1.54, 1.807) is 12.1 Å². The minimum Gasteiger partial charge on any atom is -0.350 e. The summed E-state index contributed by atoms with van der Waals surface area (Å²) < 4.78 is 1.21. The lowest BCUT2D eigenvalue weighted by molar-refractivity contribution is 0.0925. The summed E-state index contributed by atoms with van der Waals surface area (Å²) in [4.78, 5) is 24.5. The van der Waals surface area contributed by atoms with Gasteiger partial charge in [0, 0.05) is 21.0 Å². The van der Waals surface area contributed by atoms with E-state index in [-0.39, 0.29) is 23.9 Å². The minimum absolute atomic E-state index is 0.103. The van der Waals surface area contributed by atoms with Gasteiger partial charge in [-0.25, -0.2) is 0 Å². The van der Waals surface area contributed by atoms with Crippen LogP contribution in [0.1, 0.15) is 61.3 Å². The fourth-order valence-corrected chi connectivity index (χ4v) is 2.75. The molecule has 0 bridgehead atoms. The highest BCUT2D eigenvalue weighted by Gasteiger charge is 2.18. The van der Waals surface area contributed by atoms with Gasteiger partial charge in [-0.15, -0.1) is 0 Å². The first-order valence-corrected chi connectivity index (χ1v) is 8.99. The van der Waals surface area contributed by atoms with E-state index in [0.29, 0.717) is 20.1 Å². The molecule has 0 radical (unpaired) electrons. The van der Waals surface area contributed by atoms with Gasteiger partial charge in [-0.3, -0.25) is 9.59 Å². The zero-order valence-electron chi connectivity index (χ0n) is 13.3. The molecular weight excluding hydrogens is 412 g/mol. The number of rotatable bonds is 6. The predicted octanol–water partition coefficient (Wildman–Crippen LogP) is 4.27. The highest BCUT2D eigenvalue weighted by Crippen LogP contribution is 2.26. The van der Waals surface area contributed by atoms with Crippen molar-refractivity contribution in [1.29, 1.82) is 0 Å². The van der Waals surface area contributed by atoms with Gasteiger partial charge in [0.15, 0.2) is 0 Å². The van der Waals surface area contributed by atoms with E-state index < -0.39 is 0 Å². The molecule has 0 saturated carbocycles. The van der Waals surface area contributed by atoms with Gasteiger partial charge in [0.1, 0.15) is 0 Å². The standard InChI is InChI=1S/C16H22Br2N2O2/c1-5-9(3)19-15(21)11-7-14(18)12(8-13(11)17)16(22)20-10(4)6-2/h7-10H,5-6H2,1-4H3,(H,19,21)(H,20,22). The van der Waals surface area contributed by atoms with Gasteiger partial charge in [0.25, 0.3) is 11.8 Å². The van der Waals surface area contributed by atoms with Crippen molar-refractivity contribution in [3.8, 4) is 0 Å². The fourth-order valence-electron chi connectivity index (χ4n) is 1.70. The van der Waals surface area contributed by atoms with Crippen LogP contribution < -0.4 is 10.6 Å². The lowest BCUT2D eigenvalue weighted by Crippen LogP contribution is -2.33. The molecule has 4 nitrogen and oxygen atoms in total. The Kier molecular flexibility index (Phi) is 7.56. The Balaban J connectivity index is 3.01. The maximum atomic E-state index is 12.2. The number of carbonyl (C=O) groups excluding carboxylic acids is 2. The van der Waals surface area contributed by atoms with Crippen LogP contribution >= 0.6 is 31.9 Å². The summed E-state index contributed by atoms with van der Waals surface area (Å²) in [5, 5.41) is 5.83. The Morgan fingerprint density at radius 3 is 1.50 bits per heavy atom. The number of hydrogen-bond donors (Lipinski definition) is 2. The summed E-state index contributed by atoms with van der Waals surface area (Å²) in [6, 6.07) is 3.55. The summed E-state index contributed by atoms with van der Waals surface area (Å²) in [5.41, 5.74) is 1.01. The molecule has 2 unspecified atom stereocenters. The maximum Gasteiger partial charge on any atom is 0.252 e. The monoisotopic (exact) mass is 432 g/mol. The number of amides is 2. The van der Waals surface area contributed by atoms with Crippen LogP contribution in [0.3, 0.4) is 0 Å². The SMILES string of the molecule is CCC(C)NC(=O)c1cc(Br)c(C(=O)NC(C)CC)cc1Br. The van der Waals surface area contributed by atoms with E-state index in [1.165, 1.54) is 0 Å². The van der Waals surface area contributed by atoms with E-state index in [2.05, 4.69) is 42.5 Å². The first kappa shape index (κ1) is 19.2. The summed E-state index contributed by atoms with van der Waals surface area (Å²) in [6.45, 7) is 7.93. The van der Waals surface area contributed by atoms with Crippen LogP contribution in [-0.4, -0.2) is 23.9 Å². The van der Waals surface area contributed by atoms with Gasteiger partial charge in [0.2, 0.25) is 0 Å². The van der Waals surface area contributed by atoms with Crippen molar-refractivity contribution in [1.82, 2.24) is 10.6 Å². The van der Waals surface area contributed by atoms with Crippen LogP contribution in [0.5, 0.6) is 0 Å². The van der Waals surface area contributed by atoms with E-state index in [0.717, 1.165) is 12.8 Å². The number of benzene rings is 1. The molecule has 0 spiro atoms. The Morgan fingerprint density at radius 2 is 1.23 bits per heavy atom. The molecule has 2 amide bonds. The Bertz CT molecular complexity index is 512. The normalized spacial score (nSPS) is 13.4. The van der Waals surface area contributed by atoms with Gasteiger partial charge < -0.3 is 10.6 Å². The predicted molar refractivity (Wildman–Crippen MR) is 96.3 cm³/mol.